The van der Waals surface area contributed by atoms with Crippen LogP contribution in [0.5, 0.6) is 5.75 Å². The summed E-state index contributed by atoms with van der Waals surface area (Å²) in [6.45, 7) is 4.67. The smallest absolute Gasteiger partial charge is 0.326 e. The molecule has 31 heavy (non-hydrogen) atoms. The monoisotopic (exact) mass is 443 g/mol. The van der Waals surface area contributed by atoms with Crippen LogP contribution in [0.4, 0.5) is 9.18 Å². The predicted octanol–water partition coefficient (Wildman–Crippen LogP) is 4.78. The Morgan fingerprint density at radius 3 is 2.48 bits per heavy atom. The highest BCUT2D eigenvalue weighted by Crippen LogP contribution is 2.34. The van der Waals surface area contributed by atoms with Gasteiger partial charge in [-0.1, -0.05) is 36.4 Å². The number of carbonyl (C=O) groups excluding carboxylic acids is 3. The Hall–Kier alpha value is -3.13. The predicted molar refractivity (Wildman–Crippen MR) is 116 cm³/mol. The Kier molecular flexibility index (Phi) is 6.80. The van der Waals surface area contributed by atoms with Crippen molar-refractivity contribution in [2.45, 2.75) is 33.0 Å². The fraction of sp³-hybridized carbons (Fsp3) is 0.261. The van der Waals surface area contributed by atoms with E-state index in [0.717, 1.165) is 16.7 Å². The van der Waals surface area contributed by atoms with E-state index in [0.29, 0.717) is 16.9 Å². The number of ether oxygens (including phenoxy) is 2. The molecule has 0 saturated carbocycles. The van der Waals surface area contributed by atoms with Crippen LogP contribution in [0, 0.1) is 5.82 Å². The number of hydrogen-bond acceptors (Lipinski definition) is 6. The van der Waals surface area contributed by atoms with Crippen molar-refractivity contribution < 1.29 is 28.2 Å². The molecule has 0 bridgehead atoms. The molecule has 0 spiro atoms. The number of para-hydroxylation sites is 1. The van der Waals surface area contributed by atoms with Gasteiger partial charge in [0.2, 0.25) is 0 Å². The van der Waals surface area contributed by atoms with Gasteiger partial charge in [-0.2, -0.15) is 0 Å². The van der Waals surface area contributed by atoms with Crippen molar-refractivity contribution in [3.05, 3.63) is 70.4 Å². The van der Waals surface area contributed by atoms with Gasteiger partial charge in [-0.15, -0.1) is 0 Å². The third-order valence-corrected chi connectivity index (χ3v) is 5.03. The second kappa shape index (κ2) is 9.34. The van der Waals surface area contributed by atoms with Crippen LogP contribution in [-0.2, 0) is 20.9 Å². The van der Waals surface area contributed by atoms with E-state index in [1.807, 2.05) is 0 Å². The third-order valence-electron chi connectivity index (χ3n) is 4.13. The van der Waals surface area contributed by atoms with Crippen LogP contribution in [0.2, 0.25) is 0 Å². The molecule has 6 nitrogen and oxygen atoms in total. The van der Waals surface area contributed by atoms with Crippen LogP contribution in [0.3, 0.4) is 0 Å². The lowest BCUT2D eigenvalue weighted by molar-refractivity contribution is -0.156. The van der Waals surface area contributed by atoms with Crippen molar-refractivity contribution in [3.63, 3.8) is 0 Å². The molecule has 0 radical (unpaired) electrons. The maximum atomic E-state index is 13.8. The van der Waals surface area contributed by atoms with Crippen LogP contribution in [0.1, 0.15) is 31.9 Å². The molecule has 2 amide bonds. The van der Waals surface area contributed by atoms with Crippen LogP contribution in [0.15, 0.2) is 53.4 Å². The third kappa shape index (κ3) is 5.95. The Labute approximate surface area is 184 Å². The van der Waals surface area contributed by atoms with Gasteiger partial charge in [-0.05, 0) is 50.7 Å². The summed E-state index contributed by atoms with van der Waals surface area (Å²) in [4.78, 5) is 38.0. The molecule has 0 aliphatic carbocycles. The summed E-state index contributed by atoms with van der Waals surface area (Å²) in [5.74, 6) is -1.18. The molecule has 8 heteroatoms. The van der Waals surface area contributed by atoms with Crippen molar-refractivity contribution in [3.8, 4) is 5.75 Å². The van der Waals surface area contributed by atoms with E-state index in [1.165, 1.54) is 12.1 Å². The average Bonchev–Trinajstić information content (AvgIpc) is 2.94. The maximum Gasteiger partial charge on any atom is 0.326 e. The van der Waals surface area contributed by atoms with Gasteiger partial charge in [0.05, 0.1) is 4.91 Å². The maximum absolute atomic E-state index is 13.8. The SMILES string of the molecule is CC(C)(C)OC(=O)CN1C(=O)SC(=Cc2ccccc2OCc2ccccc2F)C1=O. The summed E-state index contributed by atoms with van der Waals surface area (Å²) in [5.41, 5.74) is 0.236. The molecule has 0 aromatic heterocycles. The highest BCUT2D eigenvalue weighted by molar-refractivity contribution is 8.18. The lowest BCUT2D eigenvalue weighted by atomic mass is 10.1. The van der Waals surface area contributed by atoms with E-state index in [1.54, 1.807) is 63.2 Å². The zero-order valence-electron chi connectivity index (χ0n) is 17.4. The molecule has 162 valence electrons. The van der Waals surface area contributed by atoms with Gasteiger partial charge in [0.15, 0.2) is 0 Å². The van der Waals surface area contributed by atoms with Gasteiger partial charge in [-0.3, -0.25) is 19.3 Å². The van der Waals surface area contributed by atoms with Gasteiger partial charge in [0.25, 0.3) is 11.1 Å². The molecule has 1 aliphatic rings. The van der Waals surface area contributed by atoms with Crippen LogP contribution in [0.25, 0.3) is 6.08 Å². The summed E-state index contributed by atoms with van der Waals surface area (Å²) < 4.78 is 24.8. The molecular formula is C23H22FNO5S. The number of carbonyl (C=O) groups is 3. The Morgan fingerprint density at radius 1 is 1.10 bits per heavy atom. The second-order valence-electron chi connectivity index (χ2n) is 7.77. The number of imide groups is 1. The van der Waals surface area contributed by atoms with E-state index >= 15 is 0 Å². The van der Waals surface area contributed by atoms with Gasteiger partial charge in [-0.25, -0.2) is 4.39 Å². The van der Waals surface area contributed by atoms with Gasteiger partial charge in [0, 0.05) is 11.1 Å². The normalized spacial score (nSPS) is 15.5. The number of rotatable bonds is 6. The first-order valence-corrected chi connectivity index (χ1v) is 10.4. The van der Waals surface area contributed by atoms with E-state index in [2.05, 4.69) is 0 Å². The molecule has 1 fully saturated rings. The molecule has 0 unspecified atom stereocenters. The zero-order valence-corrected chi connectivity index (χ0v) is 18.2. The molecule has 2 aromatic rings. The minimum atomic E-state index is -0.719. The molecule has 2 aromatic carbocycles. The Bertz CT molecular complexity index is 1040. The molecule has 0 N–H and O–H groups in total. The van der Waals surface area contributed by atoms with E-state index in [9.17, 15) is 18.8 Å². The quantitative estimate of drug-likeness (QED) is 0.473. The summed E-state index contributed by atoms with van der Waals surface area (Å²) in [5, 5.41) is -0.549. The summed E-state index contributed by atoms with van der Waals surface area (Å²) >= 11 is 0.737. The molecule has 1 saturated heterocycles. The Morgan fingerprint density at radius 2 is 1.77 bits per heavy atom. The second-order valence-corrected chi connectivity index (χ2v) is 8.77. The first kappa shape index (κ1) is 22.6. The van der Waals surface area contributed by atoms with E-state index in [-0.39, 0.29) is 17.3 Å². The first-order valence-electron chi connectivity index (χ1n) is 9.56. The van der Waals surface area contributed by atoms with Crippen molar-refractivity contribution in [2.24, 2.45) is 0 Å². The lowest BCUT2D eigenvalue weighted by Gasteiger charge is -2.21. The molecule has 3 rings (SSSR count). The number of halogens is 1. The number of benzene rings is 2. The molecule has 0 atom stereocenters. The number of thioether (sulfide) groups is 1. The van der Waals surface area contributed by atoms with Crippen molar-refractivity contribution in [1.82, 2.24) is 4.90 Å². The molecule has 1 heterocycles. The Balaban J connectivity index is 1.75. The van der Waals surface area contributed by atoms with Crippen molar-refractivity contribution in [1.29, 1.82) is 0 Å². The van der Waals surface area contributed by atoms with E-state index < -0.39 is 29.3 Å². The van der Waals surface area contributed by atoms with Crippen molar-refractivity contribution in [2.75, 3.05) is 6.54 Å². The fourth-order valence-corrected chi connectivity index (χ4v) is 3.61. The molecule has 1 aliphatic heterocycles. The first-order chi connectivity index (χ1) is 14.6. The van der Waals surface area contributed by atoms with Crippen LogP contribution in [-0.4, -0.2) is 34.2 Å². The highest BCUT2D eigenvalue weighted by atomic mass is 32.2. The topological polar surface area (TPSA) is 72.9 Å². The lowest BCUT2D eigenvalue weighted by Crippen LogP contribution is -2.37. The van der Waals surface area contributed by atoms with Gasteiger partial charge in [0.1, 0.15) is 30.3 Å². The highest BCUT2D eigenvalue weighted by Gasteiger charge is 2.37. The van der Waals surface area contributed by atoms with Gasteiger partial charge >= 0.3 is 5.97 Å². The number of nitrogens with zero attached hydrogens (tertiary/aromatic N) is 1. The minimum Gasteiger partial charge on any atom is -0.488 e. The summed E-state index contributed by atoms with van der Waals surface area (Å²) in [6.07, 6.45) is 1.52. The minimum absolute atomic E-state index is 0.0116. The van der Waals surface area contributed by atoms with E-state index in [4.69, 9.17) is 9.47 Å². The summed E-state index contributed by atoms with van der Waals surface area (Å²) in [7, 11) is 0. The number of esters is 1. The molecular weight excluding hydrogens is 421 g/mol. The van der Waals surface area contributed by atoms with Crippen LogP contribution < -0.4 is 4.74 Å². The largest absolute Gasteiger partial charge is 0.488 e. The average molecular weight is 443 g/mol. The standard InChI is InChI=1S/C23H22FNO5S/c1-23(2,3)30-20(26)13-25-21(27)19(31-22(25)28)12-15-8-5-7-11-18(15)29-14-16-9-4-6-10-17(16)24/h4-12H,13-14H2,1-3H3. The van der Waals surface area contributed by atoms with Crippen molar-refractivity contribution >= 4 is 35.0 Å². The van der Waals surface area contributed by atoms with Gasteiger partial charge < -0.3 is 9.47 Å². The van der Waals surface area contributed by atoms with Crippen LogP contribution >= 0.6 is 11.8 Å². The number of hydrogen-bond donors (Lipinski definition) is 0. The number of amides is 2. The summed E-state index contributed by atoms with van der Waals surface area (Å²) in [6, 6.07) is 13.2. The fourth-order valence-electron chi connectivity index (χ4n) is 2.78. The zero-order chi connectivity index (χ0) is 22.6.